The normalized spacial score (nSPS) is 17.5. The molecular formula is C14H17NO5. The summed E-state index contributed by atoms with van der Waals surface area (Å²) in [6.07, 6.45) is 1.39. The van der Waals surface area contributed by atoms with E-state index < -0.39 is 5.97 Å². The van der Waals surface area contributed by atoms with Gasteiger partial charge in [-0.15, -0.1) is 0 Å². The summed E-state index contributed by atoms with van der Waals surface area (Å²) in [5.74, 6) is 0.648. The van der Waals surface area contributed by atoms with E-state index in [1.165, 1.54) is 13.2 Å². The van der Waals surface area contributed by atoms with Crippen LogP contribution in [0.4, 0.5) is 0 Å². The lowest BCUT2D eigenvalue weighted by molar-refractivity contribution is -0.134. The molecule has 0 spiro atoms. The third kappa shape index (κ3) is 3.64. The van der Waals surface area contributed by atoms with Gasteiger partial charge >= 0.3 is 5.97 Å². The monoisotopic (exact) mass is 279 g/mol. The largest absolute Gasteiger partial charge is 0.493 e. The van der Waals surface area contributed by atoms with Crippen molar-refractivity contribution >= 4 is 11.7 Å². The van der Waals surface area contributed by atoms with Crippen LogP contribution in [0.25, 0.3) is 5.70 Å². The van der Waals surface area contributed by atoms with E-state index in [0.717, 1.165) is 6.61 Å². The highest BCUT2D eigenvalue weighted by molar-refractivity contribution is 5.90. The summed E-state index contributed by atoms with van der Waals surface area (Å²) < 4.78 is 20.4. The molecule has 0 bridgehead atoms. The Morgan fingerprint density at radius 3 is 2.80 bits per heavy atom. The van der Waals surface area contributed by atoms with Gasteiger partial charge in [0.1, 0.15) is 12.7 Å². The van der Waals surface area contributed by atoms with Gasteiger partial charge in [-0.05, 0) is 18.2 Å². The number of hydrogen-bond donors (Lipinski definition) is 1. The number of esters is 1. The second-order valence-corrected chi connectivity index (χ2v) is 4.25. The first-order chi connectivity index (χ1) is 9.63. The van der Waals surface area contributed by atoms with Crippen molar-refractivity contribution in [1.29, 1.82) is 0 Å². The zero-order valence-corrected chi connectivity index (χ0v) is 11.4. The molecule has 0 amide bonds. The van der Waals surface area contributed by atoms with Gasteiger partial charge in [-0.1, -0.05) is 0 Å². The molecule has 0 aliphatic carbocycles. The molecule has 2 N–H and O–H groups in total. The number of methoxy groups -OCH3 is 2. The van der Waals surface area contributed by atoms with Crippen molar-refractivity contribution in [2.24, 2.45) is 5.73 Å². The molecule has 1 atom stereocenters. The Hall–Kier alpha value is -2.21. The number of epoxide rings is 1. The van der Waals surface area contributed by atoms with Crippen molar-refractivity contribution in [2.75, 3.05) is 27.4 Å². The quantitative estimate of drug-likeness (QED) is 0.474. The minimum absolute atomic E-state index is 0.170. The molecular weight excluding hydrogens is 262 g/mol. The van der Waals surface area contributed by atoms with Crippen LogP contribution in [0.2, 0.25) is 0 Å². The number of hydrogen-bond acceptors (Lipinski definition) is 6. The maximum Gasteiger partial charge on any atom is 0.332 e. The highest BCUT2D eigenvalue weighted by Crippen LogP contribution is 2.30. The van der Waals surface area contributed by atoms with E-state index in [-0.39, 0.29) is 6.10 Å². The van der Waals surface area contributed by atoms with E-state index in [2.05, 4.69) is 4.74 Å². The molecule has 20 heavy (non-hydrogen) atoms. The van der Waals surface area contributed by atoms with Gasteiger partial charge in [0.2, 0.25) is 0 Å². The number of ether oxygens (including phenoxy) is 4. The number of carbonyl (C=O) groups is 1. The first kappa shape index (κ1) is 14.2. The predicted molar refractivity (Wildman–Crippen MR) is 72.4 cm³/mol. The highest BCUT2D eigenvalue weighted by Gasteiger charge is 2.23. The number of nitrogens with two attached hydrogens (primary N) is 1. The van der Waals surface area contributed by atoms with Gasteiger partial charge in [-0.3, -0.25) is 0 Å². The first-order valence-electron chi connectivity index (χ1n) is 6.12. The second-order valence-electron chi connectivity index (χ2n) is 4.25. The second kappa shape index (κ2) is 6.29. The maximum atomic E-state index is 11.2. The smallest absolute Gasteiger partial charge is 0.332 e. The molecule has 1 aromatic rings. The first-order valence-corrected chi connectivity index (χ1v) is 6.12. The lowest BCUT2D eigenvalue weighted by Gasteiger charge is -2.11. The fourth-order valence-electron chi connectivity index (χ4n) is 1.58. The van der Waals surface area contributed by atoms with E-state index in [1.54, 1.807) is 25.3 Å². The summed E-state index contributed by atoms with van der Waals surface area (Å²) in [5.41, 5.74) is 6.77. The van der Waals surface area contributed by atoms with Crippen molar-refractivity contribution in [3.05, 3.63) is 29.8 Å². The lowest BCUT2D eigenvalue weighted by atomic mass is 10.1. The molecule has 1 saturated heterocycles. The molecule has 1 fully saturated rings. The number of carbonyl (C=O) groups excluding carboxylic acids is 1. The molecule has 1 heterocycles. The topological polar surface area (TPSA) is 83.3 Å². The van der Waals surface area contributed by atoms with Crippen molar-refractivity contribution < 1.29 is 23.7 Å². The highest BCUT2D eigenvalue weighted by atomic mass is 16.6. The van der Waals surface area contributed by atoms with Gasteiger partial charge in [-0.25, -0.2) is 4.79 Å². The van der Waals surface area contributed by atoms with Crippen LogP contribution in [0.1, 0.15) is 5.56 Å². The molecule has 1 aromatic carbocycles. The summed E-state index contributed by atoms with van der Waals surface area (Å²) >= 11 is 0. The summed E-state index contributed by atoms with van der Waals surface area (Å²) in [6, 6.07) is 5.20. The molecule has 0 saturated carbocycles. The van der Waals surface area contributed by atoms with Crippen LogP contribution < -0.4 is 15.2 Å². The molecule has 6 nitrogen and oxygen atoms in total. The van der Waals surface area contributed by atoms with Crippen LogP contribution in [0.3, 0.4) is 0 Å². The van der Waals surface area contributed by atoms with Crippen LogP contribution >= 0.6 is 0 Å². The Kier molecular flexibility index (Phi) is 4.47. The molecule has 2 rings (SSSR count). The van der Waals surface area contributed by atoms with E-state index in [4.69, 9.17) is 19.9 Å². The Morgan fingerprint density at radius 2 is 2.20 bits per heavy atom. The van der Waals surface area contributed by atoms with Crippen LogP contribution in [-0.4, -0.2) is 39.5 Å². The number of benzene rings is 1. The van der Waals surface area contributed by atoms with Crippen molar-refractivity contribution in [2.45, 2.75) is 6.10 Å². The van der Waals surface area contributed by atoms with Gasteiger partial charge in [0.05, 0.1) is 20.8 Å². The van der Waals surface area contributed by atoms with Crippen molar-refractivity contribution in [1.82, 2.24) is 0 Å². The standard InChI is InChI=1S/C14H17NO5/c1-17-13-5-9(11(15)6-14(16)18-2)3-4-12(13)20-8-10-7-19-10/h3-6,10H,7-8,15H2,1-2H3. The van der Waals surface area contributed by atoms with Gasteiger partial charge in [0.15, 0.2) is 11.5 Å². The van der Waals surface area contributed by atoms with Crippen LogP contribution in [0.5, 0.6) is 11.5 Å². The Labute approximate surface area is 117 Å². The Morgan fingerprint density at radius 1 is 1.45 bits per heavy atom. The Bertz CT molecular complexity index is 522. The van der Waals surface area contributed by atoms with E-state index in [0.29, 0.717) is 29.4 Å². The maximum absolute atomic E-state index is 11.2. The van der Waals surface area contributed by atoms with Gasteiger partial charge in [0, 0.05) is 17.3 Å². The summed E-state index contributed by atoms with van der Waals surface area (Å²) in [4.78, 5) is 11.2. The summed E-state index contributed by atoms with van der Waals surface area (Å²) in [5, 5.41) is 0. The van der Waals surface area contributed by atoms with Crippen LogP contribution in [0.15, 0.2) is 24.3 Å². The SMILES string of the molecule is COC(=O)C=C(N)c1ccc(OCC2CO2)c(OC)c1. The molecule has 1 aliphatic rings. The molecule has 1 unspecified atom stereocenters. The predicted octanol–water partition coefficient (Wildman–Crippen LogP) is 0.945. The van der Waals surface area contributed by atoms with Gasteiger partial charge in [-0.2, -0.15) is 0 Å². The molecule has 0 aromatic heterocycles. The zero-order chi connectivity index (χ0) is 14.5. The summed E-state index contributed by atoms with van der Waals surface area (Å²) in [6.45, 7) is 1.22. The average Bonchev–Trinajstić information content (AvgIpc) is 3.28. The molecule has 0 radical (unpaired) electrons. The fourth-order valence-corrected chi connectivity index (χ4v) is 1.58. The van der Waals surface area contributed by atoms with Crippen molar-refractivity contribution in [3.8, 4) is 11.5 Å². The van der Waals surface area contributed by atoms with Gasteiger partial charge < -0.3 is 24.7 Å². The summed E-state index contributed by atoms with van der Waals surface area (Å²) in [7, 11) is 2.84. The van der Waals surface area contributed by atoms with E-state index >= 15 is 0 Å². The number of rotatable bonds is 6. The fraction of sp³-hybridized carbons (Fsp3) is 0.357. The van der Waals surface area contributed by atoms with E-state index in [9.17, 15) is 4.79 Å². The average molecular weight is 279 g/mol. The molecule has 108 valence electrons. The Balaban J connectivity index is 2.14. The third-order valence-corrected chi connectivity index (χ3v) is 2.80. The van der Waals surface area contributed by atoms with E-state index in [1.807, 2.05) is 0 Å². The zero-order valence-electron chi connectivity index (χ0n) is 11.4. The van der Waals surface area contributed by atoms with Crippen LogP contribution in [0, 0.1) is 0 Å². The minimum atomic E-state index is -0.507. The third-order valence-electron chi connectivity index (χ3n) is 2.80. The van der Waals surface area contributed by atoms with Gasteiger partial charge in [0.25, 0.3) is 0 Å². The minimum Gasteiger partial charge on any atom is -0.493 e. The molecule has 1 aliphatic heterocycles. The lowest BCUT2D eigenvalue weighted by Crippen LogP contribution is -2.06. The van der Waals surface area contributed by atoms with Crippen molar-refractivity contribution in [3.63, 3.8) is 0 Å². The van der Waals surface area contributed by atoms with Crippen LogP contribution in [-0.2, 0) is 14.3 Å². The molecule has 6 heteroatoms.